The minimum Gasteiger partial charge on any atom is -0.381 e. The molecule has 4 aliphatic heterocycles. The smallest absolute Gasteiger partial charge is 0.263 e. The number of hydrogen-bond donors (Lipinski definition) is 3. The number of nitrogen functional groups attached to an aromatic ring is 1. The first kappa shape index (κ1) is 24.5. The largest absolute Gasteiger partial charge is 0.381 e. The third kappa shape index (κ3) is 4.40. The van der Waals surface area contributed by atoms with E-state index in [2.05, 4.69) is 30.6 Å². The lowest BCUT2D eigenvalue weighted by Gasteiger charge is -2.38. The Kier molecular flexibility index (Phi) is 6.30. The highest BCUT2D eigenvalue weighted by Gasteiger charge is 2.37. The van der Waals surface area contributed by atoms with E-state index in [1.54, 1.807) is 0 Å². The number of piperidine rings is 2. The van der Waals surface area contributed by atoms with E-state index in [1.807, 2.05) is 4.90 Å². The van der Waals surface area contributed by atoms with Crippen molar-refractivity contribution in [3.63, 3.8) is 0 Å². The molecule has 200 valence electrons. The van der Waals surface area contributed by atoms with Crippen molar-refractivity contribution in [2.45, 2.75) is 44.2 Å². The van der Waals surface area contributed by atoms with Crippen LogP contribution in [0, 0.1) is 17.6 Å². The van der Waals surface area contributed by atoms with Crippen LogP contribution in [-0.4, -0.2) is 74.6 Å². The molecule has 4 saturated heterocycles. The summed E-state index contributed by atoms with van der Waals surface area (Å²) in [6.45, 7) is 2.55. The maximum Gasteiger partial charge on any atom is 0.263 e. The van der Waals surface area contributed by atoms with Gasteiger partial charge in [0.2, 0.25) is 5.91 Å². The third-order valence-corrected chi connectivity index (χ3v) is 7.91. The molecule has 0 aromatic carbocycles. The number of carbonyl (C=O) groups excluding carboxylic acids is 2. The Bertz CT molecular complexity index is 1380. The fourth-order valence-electron chi connectivity index (χ4n) is 5.94. The molecule has 13 heteroatoms. The third-order valence-electron chi connectivity index (χ3n) is 7.91. The predicted octanol–water partition coefficient (Wildman–Crippen LogP) is 1.81. The molecular weight excluding hydrogens is 496 g/mol. The highest BCUT2D eigenvalue weighted by atomic mass is 19.1. The van der Waals surface area contributed by atoms with Gasteiger partial charge in [-0.25, -0.2) is 18.3 Å². The summed E-state index contributed by atoms with van der Waals surface area (Å²) in [5, 5.41) is 10.2. The molecule has 0 radical (unpaired) electrons. The molecule has 0 spiro atoms. The average Bonchev–Trinajstić information content (AvgIpc) is 3.03. The molecule has 2 bridgehead atoms. The summed E-state index contributed by atoms with van der Waals surface area (Å²) in [6.07, 6.45) is 8.78. The van der Waals surface area contributed by atoms with Crippen LogP contribution in [0.4, 0.5) is 26.0 Å². The Labute approximate surface area is 217 Å². The van der Waals surface area contributed by atoms with Crippen LogP contribution in [0.1, 0.15) is 42.5 Å². The maximum absolute atomic E-state index is 15.1. The number of rotatable bonds is 4. The minimum absolute atomic E-state index is 0.0504. The number of fused-ring (bicyclic) bond motifs is 5. The zero-order chi connectivity index (χ0) is 26.4. The van der Waals surface area contributed by atoms with Gasteiger partial charge in [0.1, 0.15) is 11.3 Å². The quantitative estimate of drug-likeness (QED) is 0.470. The number of nitrogens with two attached hydrogens (primary N) is 1. The van der Waals surface area contributed by atoms with Gasteiger partial charge in [-0.2, -0.15) is 0 Å². The van der Waals surface area contributed by atoms with Crippen molar-refractivity contribution < 1.29 is 18.4 Å². The second-order valence-electron chi connectivity index (χ2n) is 10.2. The normalized spacial score (nSPS) is 22.1. The Morgan fingerprint density at radius 1 is 1.05 bits per heavy atom. The maximum atomic E-state index is 15.1. The van der Waals surface area contributed by atoms with Gasteiger partial charge in [0, 0.05) is 44.2 Å². The lowest BCUT2D eigenvalue weighted by molar-refractivity contribution is -0.138. The van der Waals surface area contributed by atoms with E-state index in [0.29, 0.717) is 32.0 Å². The Balaban J connectivity index is 1.18. The summed E-state index contributed by atoms with van der Waals surface area (Å²) in [6, 6.07) is 0.749. The molecule has 2 unspecified atom stereocenters. The number of nitrogens with one attached hydrogen (secondary N) is 2. The number of amides is 2. The number of aromatic nitrogens is 4. The van der Waals surface area contributed by atoms with Crippen LogP contribution in [0.25, 0.3) is 5.65 Å². The van der Waals surface area contributed by atoms with Crippen molar-refractivity contribution in [2.24, 2.45) is 5.92 Å². The Hall–Kier alpha value is -3.87. The van der Waals surface area contributed by atoms with Gasteiger partial charge in [0.05, 0.1) is 30.5 Å². The first-order valence-corrected chi connectivity index (χ1v) is 12.9. The molecule has 7 heterocycles. The number of carbonyl (C=O) groups is 2. The Morgan fingerprint density at radius 3 is 2.63 bits per heavy atom. The Morgan fingerprint density at radius 2 is 1.87 bits per heavy atom. The van der Waals surface area contributed by atoms with Gasteiger partial charge >= 0.3 is 0 Å². The first-order valence-electron chi connectivity index (χ1n) is 12.9. The number of pyridine rings is 1. The molecule has 7 rings (SSSR count). The lowest BCUT2D eigenvalue weighted by Crippen LogP contribution is -2.50. The van der Waals surface area contributed by atoms with Crippen molar-refractivity contribution in [3.8, 4) is 0 Å². The zero-order valence-corrected chi connectivity index (χ0v) is 20.7. The van der Waals surface area contributed by atoms with E-state index >= 15 is 4.39 Å². The number of hydrogen-bond acceptors (Lipinski definition) is 8. The highest BCUT2D eigenvalue weighted by molar-refractivity contribution is 6.12. The van der Waals surface area contributed by atoms with Gasteiger partial charge in [0.25, 0.3) is 5.91 Å². The van der Waals surface area contributed by atoms with Crippen molar-refractivity contribution in [1.29, 1.82) is 0 Å². The summed E-state index contributed by atoms with van der Waals surface area (Å²) >= 11 is 0. The van der Waals surface area contributed by atoms with E-state index in [-0.39, 0.29) is 46.3 Å². The predicted molar refractivity (Wildman–Crippen MR) is 136 cm³/mol. The molecule has 0 saturated carbocycles. The van der Waals surface area contributed by atoms with Crippen molar-refractivity contribution in [2.75, 3.05) is 42.1 Å². The van der Waals surface area contributed by atoms with Crippen LogP contribution in [0.3, 0.4) is 0 Å². The van der Waals surface area contributed by atoms with Crippen molar-refractivity contribution >= 4 is 34.7 Å². The first-order chi connectivity index (χ1) is 18.4. The monoisotopic (exact) mass is 525 g/mol. The van der Waals surface area contributed by atoms with Crippen molar-refractivity contribution in [1.82, 2.24) is 29.8 Å². The second kappa shape index (κ2) is 9.78. The van der Waals surface area contributed by atoms with Gasteiger partial charge in [-0.15, -0.1) is 5.10 Å². The van der Waals surface area contributed by atoms with E-state index in [1.165, 1.54) is 6.20 Å². The molecule has 4 fully saturated rings. The van der Waals surface area contributed by atoms with Crippen LogP contribution < -0.4 is 21.3 Å². The van der Waals surface area contributed by atoms with Gasteiger partial charge in [0.15, 0.2) is 23.1 Å². The number of anilines is 3. The SMILES string of the molecule is Nc1nn2cc(F)cnc2c1C(=O)Nc1cncc(F)c1N1CCC(C(=O)N2CCC3CCC2CN3)CC1. The summed E-state index contributed by atoms with van der Waals surface area (Å²) in [5.41, 5.74) is 6.30. The van der Waals surface area contributed by atoms with Gasteiger partial charge in [-0.1, -0.05) is 0 Å². The number of halogens is 2. The molecule has 38 heavy (non-hydrogen) atoms. The summed E-state index contributed by atoms with van der Waals surface area (Å²) in [4.78, 5) is 38.3. The van der Waals surface area contributed by atoms with E-state index in [0.717, 1.165) is 55.5 Å². The lowest BCUT2D eigenvalue weighted by atomic mass is 9.93. The molecule has 3 aromatic heterocycles. The molecule has 2 amide bonds. The standard InChI is InChI=1S/C25H29F2N9O2/c26-15-9-31-23-20(22(28)33-36(23)13-15)24(37)32-19-12-29-11-18(27)21(19)34-6-3-14(4-7-34)25(38)35-8-5-16-1-2-17(35)10-30-16/h9,11-14,16-17,30H,1-8,10H2,(H2,28,33)(H,32,37). The van der Waals surface area contributed by atoms with E-state index < -0.39 is 17.5 Å². The van der Waals surface area contributed by atoms with E-state index in [9.17, 15) is 14.0 Å². The summed E-state index contributed by atoms with van der Waals surface area (Å²) < 4.78 is 29.7. The molecule has 3 aromatic rings. The van der Waals surface area contributed by atoms with Crippen LogP contribution in [0.5, 0.6) is 0 Å². The fraction of sp³-hybridized carbons (Fsp3) is 0.480. The van der Waals surface area contributed by atoms with Gasteiger partial charge in [-0.05, 0) is 32.1 Å². The fourth-order valence-corrected chi connectivity index (χ4v) is 5.94. The molecule has 11 nitrogen and oxygen atoms in total. The zero-order valence-electron chi connectivity index (χ0n) is 20.7. The topological polar surface area (TPSA) is 134 Å². The molecule has 0 aliphatic carbocycles. The summed E-state index contributed by atoms with van der Waals surface area (Å²) in [5.74, 6) is -1.95. The van der Waals surface area contributed by atoms with Crippen LogP contribution >= 0.6 is 0 Å². The second-order valence-corrected chi connectivity index (χ2v) is 10.2. The van der Waals surface area contributed by atoms with E-state index in [4.69, 9.17) is 5.73 Å². The summed E-state index contributed by atoms with van der Waals surface area (Å²) in [7, 11) is 0. The van der Waals surface area contributed by atoms with Crippen LogP contribution in [0.2, 0.25) is 0 Å². The van der Waals surface area contributed by atoms with Crippen molar-refractivity contribution in [3.05, 3.63) is 42.0 Å². The van der Waals surface area contributed by atoms with Crippen LogP contribution in [-0.2, 0) is 4.79 Å². The molecular formula is C25H29F2N9O2. The van der Waals surface area contributed by atoms with Crippen LogP contribution in [0.15, 0.2) is 24.8 Å². The van der Waals surface area contributed by atoms with Gasteiger partial charge in [-0.3, -0.25) is 14.6 Å². The molecule has 4 N–H and O–H groups in total. The van der Waals surface area contributed by atoms with Gasteiger partial charge < -0.3 is 26.2 Å². The molecule has 4 aliphatic rings. The molecule has 2 atom stereocenters. The number of nitrogens with zero attached hydrogens (tertiary/aromatic N) is 6. The minimum atomic E-state index is -0.667. The average molecular weight is 526 g/mol. The highest BCUT2D eigenvalue weighted by Crippen LogP contribution is 2.34.